The molecular weight excluding hydrogens is 286 g/mol. The third kappa shape index (κ3) is 3.50. The van der Waals surface area contributed by atoms with Crippen molar-refractivity contribution in [1.29, 1.82) is 0 Å². The SMILES string of the molecule is Cc1cc(Br)cc(NC2CCC(C)(C)CC2C)c1. The van der Waals surface area contributed by atoms with E-state index in [1.165, 1.54) is 30.5 Å². The summed E-state index contributed by atoms with van der Waals surface area (Å²) in [6, 6.07) is 7.18. The second-order valence-electron chi connectivity index (χ2n) is 6.65. The molecular formula is C16H24BrN. The van der Waals surface area contributed by atoms with E-state index in [-0.39, 0.29) is 0 Å². The minimum absolute atomic E-state index is 0.519. The maximum Gasteiger partial charge on any atom is 0.0356 e. The third-order valence-corrected chi connectivity index (χ3v) is 4.55. The molecule has 2 atom stereocenters. The van der Waals surface area contributed by atoms with Crippen molar-refractivity contribution in [3.8, 4) is 0 Å². The Morgan fingerprint density at radius 2 is 2.00 bits per heavy atom. The van der Waals surface area contributed by atoms with Crippen molar-refractivity contribution >= 4 is 21.6 Å². The molecule has 0 aromatic heterocycles. The molecule has 0 amide bonds. The fourth-order valence-electron chi connectivity index (χ4n) is 3.19. The van der Waals surface area contributed by atoms with E-state index in [0.29, 0.717) is 11.5 Å². The fourth-order valence-corrected chi connectivity index (χ4v) is 3.80. The first-order chi connectivity index (χ1) is 8.35. The number of hydrogen-bond donors (Lipinski definition) is 1. The van der Waals surface area contributed by atoms with Crippen LogP contribution in [0.3, 0.4) is 0 Å². The van der Waals surface area contributed by atoms with E-state index >= 15 is 0 Å². The lowest BCUT2D eigenvalue weighted by molar-refractivity contribution is 0.177. The molecule has 0 radical (unpaired) electrons. The van der Waals surface area contributed by atoms with Crippen LogP contribution < -0.4 is 5.32 Å². The van der Waals surface area contributed by atoms with Crippen molar-refractivity contribution < 1.29 is 0 Å². The molecule has 1 aromatic carbocycles. The fraction of sp³-hybridized carbons (Fsp3) is 0.625. The van der Waals surface area contributed by atoms with E-state index in [0.717, 1.165) is 10.4 Å². The Balaban J connectivity index is 2.05. The summed E-state index contributed by atoms with van der Waals surface area (Å²) >= 11 is 3.57. The van der Waals surface area contributed by atoms with Crippen molar-refractivity contribution in [2.75, 3.05) is 5.32 Å². The van der Waals surface area contributed by atoms with E-state index in [1.807, 2.05) is 0 Å². The van der Waals surface area contributed by atoms with E-state index in [2.05, 4.69) is 67.1 Å². The van der Waals surface area contributed by atoms with Crippen LogP contribution in [0.25, 0.3) is 0 Å². The van der Waals surface area contributed by atoms with E-state index < -0.39 is 0 Å². The Kier molecular flexibility index (Phi) is 4.05. The number of benzene rings is 1. The Hall–Kier alpha value is -0.500. The minimum atomic E-state index is 0.519. The van der Waals surface area contributed by atoms with Gasteiger partial charge in [0.25, 0.3) is 0 Å². The third-order valence-electron chi connectivity index (χ3n) is 4.09. The van der Waals surface area contributed by atoms with Crippen molar-refractivity contribution in [3.05, 3.63) is 28.2 Å². The zero-order chi connectivity index (χ0) is 13.3. The molecule has 18 heavy (non-hydrogen) atoms. The second kappa shape index (κ2) is 5.24. The smallest absolute Gasteiger partial charge is 0.0356 e. The summed E-state index contributed by atoms with van der Waals surface area (Å²) in [5.74, 6) is 0.744. The Labute approximate surface area is 119 Å². The van der Waals surface area contributed by atoms with Gasteiger partial charge in [-0.15, -0.1) is 0 Å². The molecule has 1 aliphatic rings. The predicted octanol–water partition coefficient (Wildman–Crippen LogP) is 5.38. The number of aryl methyl sites for hydroxylation is 1. The first-order valence-electron chi connectivity index (χ1n) is 6.89. The largest absolute Gasteiger partial charge is 0.382 e. The highest BCUT2D eigenvalue weighted by Crippen LogP contribution is 2.39. The highest BCUT2D eigenvalue weighted by Gasteiger charge is 2.32. The summed E-state index contributed by atoms with van der Waals surface area (Å²) in [5, 5.41) is 3.72. The lowest BCUT2D eigenvalue weighted by Crippen LogP contribution is -2.36. The maximum atomic E-state index is 3.72. The van der Waals surface area contributed by atoms with E-state index in [9.17, 15) is 0 Å². The quantitative estimate of drug-likeness (QED) is 0.773. The number of rotatable bonds is 2. The standard InChI is InChI=1S/C16H24BrN/c1-11-7-13(17)9-14(8-11)18-15-5-6-16(3,4)10-12(15)2/h7-9,12,15,18H,5-6,10H2,1-4H3. The van der Waals surface area contributed by atoms with Gasteiger partial charge in [0, 0.05) is 16.2 Å². The highest BCUT2D eigenvalue weighted by atomic mass is 79.9. The number of anilines is 1. The molecule has 2 rings (SSSR count). The lowest BCUT2D eigenvalue weighted by atomic mass is 9.70. The van der Waals surface area contributed by atoms with Crippen molar-refractivity contribution in [2.45, 2.75) is 53.0 Å². The summed E-state index contributed by atoms with van der Waals surface area (Å²) in [6.45, 7) is 9.30. The maximum absolute atomic E-state index is 3.72. The molecule has 1 aliphatic carbocycles. The summed E-state index contributed by atoms with van der Waals surface area (Å²) in [4.78, 5) is 0. The Morgan fingerprint density at radius 1 is 1.28 bits per heavy atom. The van der Waals surface area contributed by atoms with Crippen LogP contribution >= 0.6 is 15.9 Å². The first-order valence-corrected chi connectivity index (χ1v) is 7.69. The summed E-state index contributed by atoms with van der Waals surface area (Å²) < 4.78 is 1.16. The second-order valence-corrected chi connectivity index (χ2v) is 7.57. The van der Waals surface area contributed by atoms with Crippen LogP contribution in [0.15, 0.2) is 22.7 Å². The van der Waals surface area contributed by atoms with Gasteiger partial charge < -0.3 is 5.32 Å². The van der Waals surface area contributed by atoms with Gasteiger partial charge in [-0.3, -0.25) is 0 Å². The van der Waals surface area contributed by atoms with Crippen molar-refractivity contribution in [2.24, 2.45) is 11.3 Å². The van der Waals surface area contributed by atoms with Crippen LogP contribution in [0.5, 0.6) is 0 Å². The van der Waals surface area contributed by atoms with E-state index in [1.54, 1.807) is 0 Å². The van der Waals surface area contributed by atoms with Crippen LogP contribution in [-0.2, 0) is 0 Å². The number of nitrogens with one attached hydrogen (secondary N) is 1. The molecule has 0 bridgehead atoms. The van der Waals surface area contributed by atoms with Crippen LogP contribution in [0.4, 0.5) is 5.69 Å². The molecule has 1 N–H and O–H groups in total. The zero-order valence-electron chi connectivity index (χ0n) is 11.9. The highest BCUT2D eigenvalue weighted by molar-refractivity contribution is 9.10. The monoisotopic (exact) mass is 309 g/mol. The Bertz CT molecular complexity index is 405. The molecule has 1 saturated carbocycles. The summed E-state index contributed by atoms with van der Waals surface area (Å²) in [6.07, 6.45) is 3.92. The minimum Gasteiger partial charge on any atom is -0.382 e. The van der Waals surface area contributed by atoms with Gasteiger partial charge in [0.15, 0.2) is 0 Å². The van der Waals surface area contributed by atoms with Crippen LogP contribution in [-0.4, -0.2) is 6.04 Å². The first kappa shape index (κ1) is 13.9. The van der Waals surface area contributed by atoms with Crippen LogP contribution in [0.2, 0.25) is 0 Å². The molecule has 1 aromatic rings. The molecule has 0 aliphatic heterocycles. The Morgan fingerprint density at radius 3 is 2.61 bits per heavy atom. The normalized spacial score (nSPS) is 26.9. The topological polar surface area (TPSA) is 12.0 Å². The van der Waals surface area contributed by atoms with E-state index in [4.69, 9.17) is 0 Å². The summed E-state index contributed by atoms with van der Waals surface area (Å²) in [7, 11) is 0. The lowest BCUT2D eigenvalue weighted by Gasteiger charge is -2.40. The van der Waals surface area contributed by atoms with Gasteiger partial charge in [0.2, 0.25) is 0 Å². The predicted molar refractivity (Wildman–Crippen MR) is 83.1 cm³/mol. The van der Waals surface area contributed by atoms with Crippen LogP contribution in [0.1, 0.15) is 45.6 Å². The van der Waals surface area contributed by atoms with Gasteiger partial charge in [0.05, 0.1) is 0 Å². The number of hydrogen-bond acceptors (Lipinski definition) is 1. The van der Waals surface area contributed by atoms with Crippen molar-refractivity contribution in [3.63, 3.8) is 0 Å². The van der Waals surface area contributed by atoms with Crippen LogP contribution in [0, 0.1) is 18.3 Å². The number of halogens is 1. The zero-order valence-corrected chi connectivity index (χ0v) is 13.5. The molecule has 100 valence electrons. The molecule has 0 heterocycles. The van der Waals surface area contributed by atoms with Gasteiger partial charge >= 0.3 is 0 Å². The van der Waals surface area contributed by atoms with Crippen molar-refractivity contribution in [1.82, 2.24) is 0 Å². The molecule has 2 heteroatoms. The van der Waals surface area contributed by atoms with Gasteiger partial charge in [-0.05, 0) is 61.3 Å². The molecule has 1 fully saturated rings. The van der Waals surface area contributed by atoms with Gasteiger partial charge in [-0.2, -0.15) is 0 Å². The molecule has 0 spiro atoms. The summed E-state index contributed by atoms with van der Waals surface area (Å²) in [5.41, 5.74) is 3.07. The average Bonchev–Trinajstić information content (AvgIpc) is 2.20. The van der Waals surface area contributed by atoms with Gasteiger partial charge in [-0.25, -0.2) is 0 Å². The molecule has 1 nitrogen and oxygen atoms in total. The van der Waals surface area contributed by atoms with Gasteiger partial charge in [0.1, 0.15) is 0 Å². The molecule has 2 unspecified atom stereocenters. The van der Waals surface area contributed by atoms with Gasteiger partial charge in [-0.1, -0.05) is 36.7 Å². The average molecular weight is 310 g/mol. The molecule has 0 saturated heterocycles.